The SMILES string of the molecule is CC1CC(C(=O)Nc2ccc(F)cc2C#CCO)CO1. The summed E-state index contributed by atoms with van der Waals surface area (Å²) in [5, 5.41) is 11.4. The van der Waals surface area contributed by atoms with Crippen molar-refractivity contribution in [2.24, 2.45) is 5.92 Å². The Labute approximate surface area is 116 Å². The van der Waals surface area contributed by atoms with Crippen molar-refractivity contribution >= 4 is 11.6 Å². The molecule has 4 nitrogen and oxygen atoms in total. The Bertz CT molecular complexity index is 562. The van der Waals surface area contributed by atoms with Crippen LogP contribution in [0.4, 0.5) is 10.1 Å². The first-order valence-electron chi connectivity index (χ1n) is 6.42. The summed E-state index contributed by atoms with van der Waals surface area (Å²) in [6.07, 6.45) is 0.748. The number of aliphatic hydroxyl groups is 1. The summed E-state index contributed by atoms with van der Waals surface area (Å²) >= 11 is 0. The average molecular weight is 277 g/mol. The topological polar surface area (TPSA) is 58.6 Å². The molecule has 1 aromatic rings. The average Bonchev–Trinajstić information content (AvgIpc) is 2.85. The monoisotopic (exact) mass is 277 g/mol. The highest BCUT2D eigenvalue weighted by Crippen LogP contribution is 2.22. The number of nitrogens with one attached hydrogen (secondary N) is 1. The Morgan fingerprint density at radius 1 is 1.60 bits per heavy atom. The molecule has 2 unspecified atom stereocenters. The minimum Gasteiger partial charge on any atom is -0.384 e. The molecule has 5 heteroatoms. The van der Waals surface area contributed by atoms with Crippen LogP contribution in [0, 0.1) is 23.6 Å². The van der Waals surface area contributed by atoms with Gasteiger partial charge in [0.1, 0.15) is 12.4 Å². The van der Waals surface area contributed by atoms with Crippen molar-refractivity contribution in [2.45, 2.75) is 19.4 Å². The van der Waals surface area contributed by atoms with E-state index in [2.05, 4.69) is 17.2 Å². The summed E-state index contributed by atoms with van der Waals surface area (Å²) in [5.74, 6) is 4.27. The molecule has 2 atom stereocenters. The normalized spacial score (nSPS) is 21.1. The fraction of sp³-hybridized carbons (Fsp3) is 0.400. The predicted molar refractivity (Wildman–Crippen MR) is 72.5 cm³/mol. The van der Waals surface area contributed by atoms with Crippen LogP contribution in [0.2, 0.25) is 0 Å². The number of benzene rings is 1. The van der Waals surface area contributed by atoms with Crippen molar-refractivity contribution in [3.05, 3.63) is 29.6 Å². The summed E-state index contributed by atoms with van der Waals surface area (Å²) in [4.78, 5) is 12.1. The third-order valence-electron chi connectivity index (χ3n) is 3.11. The molecule has 1 heterocycles. The van der Waals surface area contributed by atoms with Crippen molar-refractivity contribution < 1.29 is 19.0 Å². The van der Waals surface area contributed by atoms with Crippen molar-refractivity contribution in [2.75, 3.05) is 18.5 Å². The molecule has 20 heavy (non-hydrogen) atoms. The molecule has 1 aliphatic heterocycles. The molecular formula is C15H16FNO3. The summed E-state index contributed by atoms with van der Waals surface area (Å²) < 4.78 is 18.6. The highest BCUT2D eigenvalue weighted by molar-refractivity contribution is 5.94. The quantitative estimate of drug-likeness (QED) is 0.806. The lowest BCUT2D eigenvalue weighted by molar-refractivity contribution is -0.119. The third-order valence-corrected chi connectivity index (χ3v) is 3.11. The summed E-state index contributed by atoms with van der Waals surface area (Å²) in [7, 11) is 0. The Balaban J connectivity index is 2.14. The first-order chi connectivity index (χ1) is 9.60. The van der Waals surface area contributed by atoms with E-state index in [-0.39, 0.29) is 24.5 Å². The number of amides is 1. The van der Waals surface area contributed by atoms with E-state index in [1.54, 1.807) is 0 Å². The first-order valence-corrected chi connectivity index (χ1v) is 6.42. The van der Waals surface area contributed by atoms with E-state index in [1.165, 1.54) is 18.2 Å². The molecule has 1 fully saturated rings. The van der Waals surface area contributed by atoms with Gasteiger partial charge in [-0.3, -0.25) is 4.79 Å². The van der Waals surface area contributed by atoms with Crippen LogP contribution in [-0.4, -0.2) is 30.3 Å². The maximum atomic E-state index is 13.2. The molecule has 2 N–H and O–H groups in total. The van der Waals surface area contributed by atoms with Crippen LogP contribution in [0.15, 0.2) is 18.2 Å². The smallest absolute Gasteiger partial charge is 0.229 e. The first kappa shape index (κ1) is 14.5. The van der Waals surface area contributed by atoms with Gasteiger partial charge in [-0.05, 0) is 31.5 Å². The van der Waals surface area contributed by atoms with Gasteiger partial charge in [0.2, 0.25) is 5.91 Å². The minimum absolute atomic E-state index is 0.0765. The maximum Gasteiger partial charge on any atom is 0.229 e. The molecule has 1 saturated heterocycles. The number of ether oxygens (including phenoxy) is 1. The number of halogens is 1. The van der Waals surface area contributed by atoms with Crippen molar-refractivity contribution in [3.8, 4) is 11.8 Å². The number of hydrogen-bond acceptors (Lipinski definition) is 3. The van der Waals surface area contributed by atoms with Gasteiger partial charge in [0.05, 0.1) is 29.9 Å². The highest BCUT2D eigenvalue weighted by atomic mass is 19.1. The molecule has 106 valence electrons. The second kappa shape index (κ2) is 6.51. The number of anilines is 1. The van der Waals surface area contributed by atoms with Crippen LogP contribution >= 0.6 is 0 Å². The van der Waals surface area contributed by atoms with Crippen molar-refractivity contribution in [1.82, 2.24) is 0 Å². The van der Waals surface area contributed by atoms with Crippen molar-refractivity contribution in [3.63, 3.8) is 0 Å². The van der Waals surface area contributed by atoms with Crippen LogP contribution in [0.25, 0.3) is 0 Å². The zero-order valence-corrected chi connectivity index (χ0v) is 11.1. The Morgan fingerprint density at radius 3 is 3.05 bits per heavy atom. The van der Waals surface area contributed by atoms with Crippen LogP contribution in [0.1, 0.15) is 18.9 Å². The minimum atomic E-state index is -0.442. The molecule has 1 amide bonds. The van der Waals surface area contributed by atoms with Gasteiger partial charge in [-0.1, -0.05) is 11.8 Å². The second-order valence-electron chi connectivity index (χ2n) is 4.72. The van der Waals surface area contributed by atoms with E-state index < -0.39 is 5.82 Å². The van der Waals surface area contributed by atoms with Crippen LogP contribution in [0.5, 0.6) is 0 Å². The standard InChI is InChI=1S/C15H16FNO3/c1-10-7-12(9-20-10)15(19)17-14-5-4-13(16)8-11(14)3-2-6-18/h4-5,8,10,12,18H,6-7,9H2,1H3,(H,17,19). The zero-order valence-electron chi connectivity index (χ0n) is 11.1. The Morgan fingerprint density at radius 2 is 2.40 bits per heavy atom. The number of rotatable bonds is 2. The van der Waals surface area contributed by atoms with E-state index in [0.717, 1.165) is 0 Å². The third kappa shape index (κ3) is 3.56. The molecule has 0 aromatic heterocycles. The summed E-state index contributed by atoms with van der Waals surface area (Å²) in [6.45, 7) is 1.99. The van der Waals surface area contributed by atoms with Gasteiger partial charge in [-0.25, -0.2) is 4.39 Å². The van der Waals surface area contributed by atoms with E-state index in [9.17, 15) is 9.18 Å². The molecule has 0 aliphatic carbocycles. The molecule has 0 bridgehead atoms. The van der Waals surface area contributed by atoms with E-state index in [1.807, 2.05) is 6.92 Å². The van der Waals surface area contributed by atoms with Crippen LogP contribution < -0.4 is 5.32 Å². The molecule has 0 radical (unpaired) electrons. The summed E-state index contributed by atoms with van der Waals surface area (Å²) in [5.41, 5.74) is 0.788. The van der Waals surface area contributed by atoms with E-state index in [0.29, 0.717) is 24.3 Å². The van der Waals surface area contributed by atoms with Crippen LogP contribution in [0.3, 0.4) is 0 Å². The lowest BCUT2D eigenvalue weighted by Crippen LogP contribution is -2.23. The van der Waals surface area contributed by atoms with E-state index in [4.69, 9.17) is 9.84 Å². The van der Waals surface area contributed by atoms with Gasteiger partial charge < -0.3 is 15.2 Å². The number of hydrogen-bond donors (Lipinski definition) is 2. The van der Waals surface area contributed by atoms with Gasteiger partial charge in [-0.15, -0.1) is 0 Å². The number of aliphatic hydroxyl groups excluding tert-OH is 1. The highest BCUT2D eigenvalue weighted by Gasteiger charge is 2.28. The van der Waals surface area contributed by atoms with Gasteiger partial charge in [0.25, 0.3) is 0 Å². The van der Waals surface area contributed by atoms with Gasteiger partial charge in [0, 0.05) is 0 Å². The molecule has 0 spiro atoms. The Kier molecular flexibility index (Phi) is 4.72. The zero-order chi connectivity index (χ0) is 14.5. The van der Waals surface area contributed by atoms with Crippen LogP contribution in [-0.2, 0) is 9.53 Å². The predicted octanol–water partition coefficient (Wildman–Crippen LogP) is 1.53. The molecule has 1 aliphatic rings. The number of carbonyl (C=O) groups excluding carboxylic acids is 1. The molecule has 2 rings (SSSR count). The molecular weight excluding hydrogens is 261 g/mol. The number of carbonyl (C=O) groups is 1. The fourth-order valence-electron chi connectivity index (χ4n) is 2.10. The largest absolute Gasteiger partial charge is 0.384 e. The lowest BCUT2D eigenvalue weighted by atomic mass is 10.0. The second-order valence-corrected chi connectivity index (χ2v) is 4.72. The van der Waals surface area contributed by atoms with Gasteiger partial charge >= 0.3 is 0 Å². The van der Waals surface area contributed by atoms with Gasteiger partial charge in [0.15, 0.2) is 0 Å². The van der Waals surface area contributed by atoms with E-state index >= 15 is 0 Å². The lowest BCUT2D eigenvalue weighted by Gasteiger charge is -2.11. The summed E-state index contributed by atoms with van der Waals surface area (Å²) in [6, 6.07) is 3.95. The van der Waals surface area contributed by atoms with Crippen molar-refractivity contribution in [1.29, 1.82) is 0 Å². The fourth-order valence-corrected chi connectivity index (χ4v) is 2.10. The molecule has 1 aromatic carbocycles. The molecule has 0 saturated carbocycles. The maximum absolute atomic E-state index is 13.2. The van der Waals surface area contributed by atoms with Gasteiger partial charge in [-0.2, -0.15) is 0 Å². The Hall–Kier alpha value is -1.90.